The molecular weight excluding hydrogens is 218 g/mol. The van der Waals surface area contributed by atoms with E-state index >= 15 is 0 Å². The summed E-state index contributed by atoms with van der Waals surface area (Å²) in [6, 6.07) is -0.136. The second-order valence-electron chi connectivity index (χ2n) is 3.82. The Morgan fingerprint density at radius 1 is 1.47 bits per heavy atom. The summed E-state index contributed by atoms with van der Waals surface area (Å²) in [5, 5.41) is 11.9. The van der Waals surface area contributed by atoms with Gasteiger partial charge in [-0.3, -0.25) is 0 Å². The first kappa shape index (κ1) is 14.8. The van der Waals surface area contributed by atoms with Crippen LogP contribution in [0.3, 0.4) is 0 Å². The zero-order valence-corrected chi connectivity index (χ0v) is 10.4. The summed E-state index contributed by atoms with van der Waals surface area (Å²) in [6.45, 7) is 2.34. The highest BCUT2D eigenvalue weighted by Gasteiger charge is 2.15. The molecule has 0 fully saturated rings. The molecule has 2 unspecified atom stereocenters. The number of hydrogen-bond donors (Lipinski definition) is 2. The van der Waals surface area contributed by atoms with E-state index in [1.807, 2.05) is 0 Å². The van der Waals surface area contributed by atoms with E-state index in [1.165, 1.54) is 6.26 Å². The summed E-state index contributed by atoms with van der Waals surface area (Å²) in [5.41, 5.74) is 0. The molecule has 0 aliphatic carbocycles. The third kappa shape index (κ3) is 8.80. The number of ether oxygens (including phenoxy) is 1. The van der Waals surface area contributed by atoms with Crippen molar-refractivity contribution in [1.82, 2.24) is 5.32 Å². The van der Waals surface area contributed by atoms with Gasteiger partial charge in [0.25, 0.3) is 0 Å². The lowest BCUT2D eigenvalue weighted by Crippen LogP contribution is -2.43. The van der Waals surface area contributed by atoms with Crippen LogP contribution in [0, 0.1) is 0 Å². The minimum absolute atomic E-state index is 0.00301. The largest absolute Gasteiger partial charge is 0.396 e. The fraction of sp³-hybridized carbons (Fsp3) is 1.00. The van der Waals surface area contributed by atoms with Crippen LogP contribution in [0.25, 0.3) is 0 Å². The molecule has 0 aliphatic heterocycles. The molecule has 0 aromatic heterocycles. The molecule has 0 radical (unpaired) electrons. The Kier molecular flexibility index (Phi) is 7.08. The highest BCUT2D eigenvalue weighted by molar-refractivity contribution is 7.90. The van der Waals surface area contributed by atoms with Gasteiger partial charge in [-0.15, -0.1) is 0 Å². The predicted octanol–water partition coefficient (Wildman–Crippen LogP) is -0.593. The van der Waals surface area contributed by atoms with Crippen LogP contribution in [0.2, 0.25) is 0 Å². The van der Waals surface area contributed by atoms with E-state index in [0.717, 1.165) is 0 Å². The van der Waals surface area contributed by atoms with Crippen molar-refractivity contribution < 1.29 is 18.3 Å². The zero-order valence-electron chi connectivity index (χ0n) is 9.56. The molecule has 0 saturated heterocycles. The van der Waals surface area contributed by atoms with Crippen molar-refractivity contribution in [2.24, 2.45) is 0 Å². The van der Waals surface area contributed by atoms with Gasteiger partial charge in [-0.05, 0) is 13.3 Å². The Morgan fingerprint density at radius 2 is 2.07 bits per heavy atom. The summed E-state index contributed by atoms with van der Waals surface area (Å²) >= 11 is 0. The molecule has 0 saturated carbocycles. The maximum absolute atomic E-state index is 11.0. The lowest BCUT2D eigenvalue weighted by atomic mass is 10.2. The maximum atomic E-state index is 11.0. The Hall–Kier alpha value is -0.170. The summed E-state index contributed by atoms with van der Waals surface area (Å²) in [4.78, 5) is 0. The van der Waals surface area contributed by atoms with E-state index in [4.69, 9.17) is 9.84 Å². The van der Waals surface area contributed by atoms with Gasteiger partial charge < -0.3 is 15.2 Å². The van der Waals surface area contributed by atoms with Crippen LogP contribution in [0.5, 0.6) is 0 Å². The van der Waals surface area contributed by atoms with Crippen LogP contribution in [-0.4, -0.2) is 57.9 Å². The van der Waals surface area contributed by atoms with Crippen LogP contribution in [0.4, 0.5) is 0 Å². The minimum atomic E-state index is -2.96. The Bertz CT molecular complexity index is 247. The number of nitrogens with one attached hydrogen (secondary N) is 1. The molecule has 0 aromatic carbocycles. The van der Waals surface area contributed by atoms with Gasteiger partial charge in [-0.2, -0.15) is 0 Å². The van der Waals surface area contributed by atoms with Crippen LogP contribution in [0.15, 0.2) is 0 Å². The van der Waals surface area contributed by atoms with Crippen molar-refractivity contribution in [3.63, 3.8) is 0 Å². The molecule has 0 heterocycles. The lowest BCUT2D eigenvalue weighted by molar-refractivity contribution is 0.145. The van der Waals surface area contributed by atoms with E-state index in [1.54, 1.807) is 14.0 Å². The second kappa shape index (κ2) is 7.16. The van der Waals surface area contributed by atoms with E-state index < -0.39 is 9.84 Å². The van der Waals surface area contributed by atoms with Gasteiger partial charge in [0.2, 0.25) is 0 Å². The molecular formula is C9H21NO4S. The van der Waals surface area contributed by atoms with Crippen LogP contribution in [0.1, 0.15) is 13.3 Å². The van der Waals surface area contributed by atoms with Gasteiger partial charge in [0, 0.05) is 32.1 Å². The molecule has 0 aromatic rings. The van der Waals surface area contributed by atoms with Gasteiger partial charge in [0.15, 0.2) is 0 Å². The highest BCUT2D eigenvalue weighted by Crippen LogP contribution is 1.97. The van der Waals surface area contributed by atoms with Crippen molar-refractivity contribution in [1.29, 1.82) is 0 Å². The quantitative estimate of drug-likeness (QED) is 0.592. The van der Waals surface area contributed by atoms with Gasteiger partial charge in [-0.1, -0.05) is 0 Å². The average Bonchev–Trinajstić information content (AvgIpc) is 2.00. The van der Waals surface area contributed by atoms with Crippen molar-refractivity contribution in [2.75, 3.05) is 32.3 Å². The molecule has 6 heteroatoms. The van der Waals surface area contributed by atoms with Crippen molar-refractivity contribution in [3.8, 4) is 0 Å². The van der Waals surface area contributed by atoms with E-state index in [-0.39, 0.29) is 24.4 Å². The van der Waals surface area contributed by atoms with Crippen LogP contribution < -0.4 is 5.32 Å². The fourth-order valence-electron chi connectivity index (χ4n) is 1.48. The standard InChI is InChI=1S/C9H21NO4S/c1-8(7-15(3,12)13)10-9(4-5-11)6-14-2/h8-11H,4-7H2,1-3H3. The lowest BCUT2D eigenvalue weighted by Gasteiger charge is -2.21. The van der Waals surface area contributed by atoms with Crippen LogP contribution >= 0.6 is 0 Å². The molecule has 0 bridgehead atoms. The van der Waals surface area contributed by atoms with Gasteiger partial charge >= 0.3 is 0 Å². The van der Waals surface area contributed by atoms with E-state index in [0.29, 0.717) is 13.0 Å². The van der Waals surface area contributed by atoms with Crippen LogP contribution in [-0.2, 0) is 14.6 Å². The average molecular weight is 239 g/mol. The summed E-state index contributed by atoms with van der Waals surface area (Å²) in [7, 11) is -1.39. The first-order chi connectivity index (χ1) is 6.89. The fourth-order valence-corrected chi connectivity index (χ4v) is 2.48. The summed E-state index contributed by atoms with van der Waals surface area (Å²) < 4.78 is 27.0. The number of sulfone groups is 1. The molecule has 0 rings (SSSR count). The number of rotatable bonds is 8. The predicted molar refractivity (Wildman–Crippen MR) is 59.7 cm³/mol. The molecule has 5 nitrogen and oxygen atoms in total. The minimum Gasteiger partial charge on any atom is -0.396 e. The molecule has 0 amide bonds. The topological polar surface area (TPSA) is 75.6 Å². The van der Waals surface area contributed by atoms with Crippen molar-refractivity contribution in [2.45, 2.75) is 25.4 Å². The number of hydrogen-bond acceptors (Lipinski definition) is 5. The molecule has 0 aliphatic rings. The Balaban J connectivity index is 4.04. The molecule has 0 spiro atoms. The smallest absolute Gasteiger partial charge is 0.148 e. The summed E-state index contributed by atoms with van der Waals surface area (Å²) in [6.07, 6.45) is 1.77. The second-order valence-corrected chi connectivity index (χ2v) is 6.01. The third-order valence-electron chi connectivity index (χ3n) is 1.92. The molecule has 2 atom stereocenters. The first-order valence-corrected chi connectivity index (χ1v) is 6.98. The third-order valence-corrected chi connectivity index (χ3v) is 3.02. The summed E-state index contributed by atoms with van der Waals surface area (Å²) in [5.74, 6) is 0.0959. The number of aliphatic hydroxyl groups is 1. The molecule has 15 heavy (non-hydrogen) atoms. The van der Waals surface area contributed by atoms with Crippen molar-refractivity contribution >= 4 is 9.84 Å². The normalized spacial score (nSPS) is 16.3. The van der Waals surface area contributed by atoms with Gasteiger partial charge in [-0.25, -0.2) is 8.42 Å². The van der Waals surface area contributed by atoms with Gasteiger partial charge in [0.05, 0.1) is 12.4 Å². The Labute approximate surface area is 91.7 Å². The Morgan fingerprint density at radius 3 is 2.47 bits per heavy atom. The van der Waals surface area contributed by atoms with Crippen molar-refractivity contribution in [3.05, 3.63) is 0 Å². The number of aliphatic hydroxyl groups excluding tert-OH is 1. The first-order valence-electron chi connectivity index (χ1n) is 4.92. The monoisotopic (exact) mass is 239 g/mol. The SMILES string of the molecule is COCC(CCO)NC(C)CS(C)(=O)=O. The van der Waals surface area contributed by atoms with Gasteiger partial charge in [0.1, 0.15) is 9.84 Å². The number of methoxy groups -OCH3 is 1. The highest BCUT2D eigenvalue weighted by atomic mass is 32.2. The zero-order chi connectivity index (χ0) is 11.9. The van der Waals surface area contributed by atoms with E-state index in [2.05, 4.69) is 5.32 Å². The maximum Gasteiger partial charge on any atom is 0.148 e. The molecule has 92 valence electrons. The molecule has 2 N–H and O–H groups in total. The van der Waals surface area contributed by atoms with E-state index in [9.17, 15) is 8.42 Å².